The highest BCUT2D eigenvalue weighted by Crippen LogP contribution is 2.66. The van der Waals surface area contributed by atoms with Gasteiger partial charge < -0.3 is 0 Å². The Bertz CT molecular complexity index is 465. The fourth-order valence-electron chi connectivity index (χ4n) is 2.98. The highest BCUT2D eigenvalue weighted by Gasteiger charge is 2.57. The monoisotopic (exact) mass is 404 g/mol. The summed E-state index contributed by atoms with van der Waals surface area (Å²) >= 11 is 11.4. The summed E-state index contributed by atoms with van der Waals surface area (Å²) in [6, 6.07) is 10.8. The SMILES string of the molecule is BrC1=C(Br)C2(c3ccccc3)CCC1(Br)C2. The number of allylic oxidation sites excluding steroid dienone is 2. The van der Waals surface area contributed by atoms with Gasteiger partial charge >= 0.3 is 0 Å². The van der Waals surface area contributed by atoms with Crippen LogP contribution in [0.1, 0.15) is 24.8 Å². The van der Waals surface area contributed by atoms with E-state index in [0.29, 0.717) is 0 Å². The van der Waals surface area contributed by atoms with Crippen molar-refractivity contribution < 1.29 is 0 Å². The van der Waals surface area contributed by atoms with Crippen molar-refractivity contribution in [1.29, 1.82) is 0 Å². The molecule has 0 heterocycles. The van der Waals surface area contributed by atoms with Crippen LogP contribution in [0.3, 0.4) is 0 Å². The molecule has 3 rings (SSSR count). The lowest BCUT2D eigenvalue weighted by Gasteiger charge is -2.28. The third-order valence-electron chi connectivity index (χ3n) is 3.86. The predicted molar refractivity (Wildman–Crippen MR) is 78.5 cm³/mol. The van der Waals surface area contributed by atoms with Gasteiger partial charge in [-0.05, 0) is 24.8 Å². The van der Waals surface area contributed by atoms with E-state index in [4.69, 9.17) is 0 Å². The topological polar surface area (TPSA) is 0 Å². The molecule has 0 radical (unpaired) electrons. The van der Waals surface area contributed by atoms with Gasteiger partial charge in [-0.3, -0.25) is 0 Å². The van der Waals surface area contributed by atoms with Gasteiger partial charge in [-0.2, -0.15) is 0 Å². The van der Waals surface area contributed by atoms with E-state index in [1.807, 2.05) is 0 Å². The molecule has 0 saturated heterocycles. The van der Waals surface area contributed by atoms with Crippen LogP contribution in [0.2, 0.25) is 0 Å². The summed E-state index contributed by atoms with van der Waals surface area (Å²) in [6.45, 7) is 0. The second-order valence-corrected chi connectivity index (χ2v) is 7.82. The molecule has 2 aliphatic carbocycles. The van der Waals surface area contributed by atoms with Crippen LogP contribution < -0.4 is 0 Å². The fraction of sp³-hybridized carbons (Fsp3) is 0.385. The lowest BCUT2D eigenvalue weighted by atomic mass is 9.80. The maximum absolute atomic E-state index is 3.89. The first-order valence-electron chi connectivity index (χ1n) is 5.39. The van der Waals surface area contributed by atoms with Crippen molar-refractivity contribution in [2.45, 2.75) is 29.0 Å². The fourth-order valence-corrected chi connectivity index (χ4v) is 5.78. The molecule has 0 amide bonds. The lowest BCUT2D eigenvalue weighted by molar-refractivity contribution is 0.563. The summed E-state index contributed by atoms with van der Waals surface area (Å²) in [7, 11) is 0. The molecule has 1 saturated carbocycles. The Kier molecular flexibility index (Phi) is 2.65. The minimum absolute atomic E-state index is 0.168. The first-order chi connectivity index (χ1) is 7.58. The second-order valence-electron chi connectivity index (χ2n) is 4.72. The number of alkyl halides is 1. The summed E-state index contributed by atoms with van der Waals surface area (Å²) < 4.78 is 2.80. The van der Waals surface area contributed by atoms with Crippen LogP contribution in [0.25, 0.3) is 0 Å². The van der Waals surface area contributed by atoms with Crippen LogP contribution >= 0.6 is 47.8 Å². The molecule has 1 fully saturated rings. The molecule has 16 heavy (non-hydrogen) atoms. The maximum Gasteiger partial charge on any atom is 0.0592 e. The Morgan fingerprint density at radius 1 is 0.938 bits per heavy atom. The molecule has 2 atom stereocenters. The van der Waals surface area contributed by atoms with Crippen LogP contribution in [0.4, 0.5) is 0 Å². The van der Waals surface area contributed by atoms with E-state index in [2.05, 4.69) is 78.1 Å². The molecular formula is C13H11Br3. The number of hydrogen-bond donors (Lipinski definition) is 0. The number of fused-ring (bicyclic) bond motifs is 2. The average Bonchev–Trinajstić information content (AvgIpc) is 2.76. The molecule has 0 aromatic heterocycles. The minimum Gasteiger partial charge on any atom is -0.0795 e. The number of benzene rings is 1. The Morgan fingerprint density at radius 3 is 2.19 bits per heavy atom. The Hall–Kier alpha value is 0.400. The number of hydrogen-bond acceptors (Lipinski definition) is 0. The van der Waals surface area contributed by atoms with E-state index in [0.717, 1.165) is 6.42 Å². The summed E-state index contributed by atoms with van der Waals surface area (Å²) in [6.07, 6.45) is 3.58. The third-order valence-corrected chi connectivity index (χ3v) is 8.31. The van der Waals surface area contributed by atoms with Gasteiger partial charge in [-0.1, -0.05) is 78.1 Å². The van der Waals surface area contributed by atoms with E-state index in [1.165, 1.54) is 27.4 Å². The molecule has 0 nitrogen and oxygen atoms in total. The number of halogens is 3. The number of rotatable bonds is 1. The van der Waals surface area contributed by atoms with Gasteiger partial charge in [0, 0.05) is 14.4 Å². The molecule has 2 unspecified atom stereocenters. The largest absolute Gasteiger partial charge is 0.0795 e. The van der Waals surface area contributed by atoms with Crippen LogP contribution in [-0.2, 0) is 5.41 Å². The van der Waals surface area contributed by atoms with E-state index in [-0.39, 0.29) is 9.74 Å². The van der Waals surface area contributed by atoms with Gasteiger partial charge in [0.05, 0.1) is 4.32 Å². The van der Waals surface area contributed by atoms with E-state index < -0.39 is 0 Å². The second kappa shape index (κ2) is 3.69. The Labute approximate surface area is 121 Å². The summed E-state index contributed by atoms with van der Waals surface area (Å²) in [4.78, 5) is 0. The molecule has 3 heteroatoms. The lowest BCUT2D eigenvalue weighted by Crippen LogP contribution is -2.20. The van der Waals surface area contributed by atoms with Crippen LogP contribution in [0.15, 0.2) is 39.3 Å². The van der Waals surface area contributed by atoms with Gasteiger partial charge in [0.2, 0.25) is 0 Å². The zero-order chi connectivity index (χ0) is 11.4. The maximum atomic E-state index is 3.89. The van der Waals surface area contributed by atoms with Gasteiger partial charge in [-0.15, -0.1) is 0 Å². The molecule has 1 aromatic carbocycles. The van der Waals surface area contributed by atoms with Crippen LogP contribution in [0.5, 0.6) is 0 Å². The van der Waals surface area contributed by atoms with E-state index >= 15 is 0 Å². The van der Waals surface area contributed by atoms with Crippen molar-refractivity contribution in [1.82, 2.24) is 0 Å². The van der Waals surface area contributed by atoms with Gasteiger partial charge in [0.1, 0.15) is 0 Å². The quantitative estimate of drug-likeness (QED) is 0.558. The molecule has 2 aliphatic rings. The van der Waals surface area contributed by atoms with Crippen molar-refractivity contribution >= 4 is 47.8 Å². The third kappa shape index (κ3) is 1.37. The zero-order valence-corrected chi connectivity index (χ0v) is 13.4. The molecule has 84 valence electrons. The standard InChI is InChI=1S/C13H11Br3/c14-10-11(15)13(16)7-6-12(10,8-13)9-4-2-1-3-5-9/h1-5H,6-8H2. The molecule has 1 aromatic rings. The Balaban J connectivity index is 2.16. The molecule has 0 aliphatic heterocycles. The molecule has 2 bridgehead atoms. The van der Waals surface area contributed by atoms with E-state index in [9.17, 15) is 0 Å². The normalized spacial score (nSPS) is 37.2. The smallest absolute Gasteiger partial charge is 0.0592 e. The van der Waals surface area contributed by atoms with Crippen LogP contribution in [-0.4, -0.2) is 4.32 Å². The minimum atomic E-state index is 0.168. The predicted octanol–water partition coefficient (Wildman–Crippen LogP) is 5.26. The zero-order valence-electron chi connectivity index (χ0n) is 8.64. The first-order valence-corrected chi connectivity index (χ1v) is 7.77. The van der Waals surface area contributed by atoms with E-state index in [1.54, 1.807) is 0 Å². The molecular weight excluding hydrogens is 396 g/mol. The molecule has 0 N–H and O–H groups in total. The summed E-state index contributed by atoms with van der Waals surface area (Å²) in [5.74, 6) is 0. The molecule has 0 spiro atoms. The average molecular weight is 407 g/mol. The summed E-state index contributed by atoms with van der Waals surface area (Å²) in [5.41, 5.74) is 1.63. The van der Waals surface area contributed by atoms with Crippen molar-refractivity contribution in [3.05, 3.63) is 44.9 Å². The van der Waals surface area contributed by atoms with Gasteiger partial charge in [0.25, 0.3) is 0 Å². The summed E-state index contributed by atoms with van der Waals surface area (Å²) in [5, 5.41) is 0. The van der Waals surface area contributed by atoms with Crippen LogP contribution in [0, 0.1) is 0 Å². The van der Waals surface area contributed by atoms with Crippen molar-refractivity contribution in [2.75, 3.05) is 0 Å². The highest BCUT2D eigenvalue weighted by atomic mass is 79.9. The van der Waals surface area contributed by atoms with Gasteiger partial charge in [0.15, 0.2) is 0 Å². The first kappa shape index (κ1) is 11.5. The van der Waals surface area contributed by atoms with Crippen molar-refractivity contribution in [3.8, 4) is 0 Å². The van der Waals surface area contributed by atoms with Crippen molar-refractivity contribution in [3.63, 3.8) is 0 Å². The Morgan fingerprint density at radius 2 is 1.62 bits per heavy atom. The highest BCUT2D eigenvalue weighted by molar-refractivity contribution is 9.15. The van der Waals surface area contributed by atoms with Gasteiger partial charge in [-0.25, -0.2) is 0 Å². The van der Waals surface area contributed by atoms with Crippen molar-refractivity contribution in [2.24, 2.45) is 0 Å².